The van der Waals surface area contributed by atoms with Crippen molar-refractivity contribution in [2.24, 2.45) is 0 Å². The first-order chi connectivity index (χ1) is 16.1. The van der Waals surface area contributed by atoms with Crippen molar-refractivity contribution in [1.29, 1.82) is 0 Å². The standard InChI is InChI=1S/C27H32N2O4/c1-3-32-24-15-7-19(17-25(24)33-4-2)8-16-26(30)29(23-13-14-23)18-20-5-9-21(10-6-20)27(31)28-22-11-12-22/h5-10,15-17,22-23H,3-4,11-14,18H2,1-2H3,(H,28,31)/b16-8+. The van der Waals surface area contributed by atoms with Crippen molar-refractivity contribution < 1.29 is 19.1 Å². The Morgan fingerprint density at radius 1 is 0.970 bits per heavy atom. The first-order valence-electron chi connectivity index (χ1n) is 11.9. The van der Waals surface area contributed by atoms with E-state index in [1.165, 1.54) is 0 Å². The lowest BCUT2D eigenvalue weighted by Crippen LogP contribution is -2.31. The fraction of sp³-hybridized carbons (Fsp3) is 0.407. The van der Waals surface area contributed by atoms with Crippen LogP contribution in [0.3, 0.4) is 0 Å². The maximum atomic E-state index is 13.0. The molecule has 0 radical (unpaired) electrons. The molecule has 0 bridgehead atoms. The molecule has 2 aliphatic carbocycles. The second-order valence-corrected chi connectivity index (χ2v) is 8.55. The predicted octanol–water partition coefficient (Wildman–Crippen LogP) is 4.58. The number of nitrogens with one attached hydrogen (secondary N) is 1. The lowest BCUT2D eigenvalue weighted by atomic mass is 10.1. The molecule has 0 saturated heterocycles. The summed E-state index contributed by atoms with van der Waals surface area (Å²) >= 11 is 0. The number of hydrogen-bond donors (Lipinski definition) is 1. The Bertz CT molecular complexity index is 1010. The number of rotatable bonds is 11. The molecule has 0 aliphatic heterocycles. The molecule has 2 saturated carbocycles. The molecule has 2 fully saturated rings. The van der Waals surface area contributed by atoms with E-state index in [9.17, 15) is 9.59 Å². The van der Waals surface area contributed by atoms with Crippen LogP contribution in [0.15, 0.2) is 48.5 Å². The van der Waals surface area contributed by atoms with Crippen LogP contribution in [0.25, 0.3) is 6.08 Å². The zero-order chi connectivity index (χ0) is 23.2. The van der Waals surface area contributed by atoms with Gasteiger partial charge in [-0.05, 0) is 81.0 Å². The van der Waals surface area contributed by atoms with Gasteiger partial charge >= 0.3 is 0 Å². The molecule has 6 nitrogen and oxygen atoms in total. The van der Waals surface area contributed by atoms with Crippen LogP contribution in [0.2, 0.25) is 0 Å². The molecule has 2 aromatic rings. The molecule has 0 unspecified atom stereocenters. The molecule has 0 atom stereocenters. The van der Waals surface area contributed by atoms with E-state index in [0.717, 1.165) is 36.8 Å². The number of amides is 2. The van der Waals surface area contributed by atoms with Crippen LogP contribution >= 0.6 is 0 Å². The summed E-state index contributed by atoms with van der Waals surface area (Å²) in [5.41, 5.74) is 2.57. The van der Waals surface area contributed by atoms with E-state index in [2.05, 4.69) is 5.32 Å². The van der Waals surface area contributed by atoms with Crippen molar-refractivity contribution in [1.82, 2.24) is 10.2 Å². The molecular weight excluding hydrogens is 416 g/mol. The zero-order valence-electron chi connectivity index (χ0n) is 19.4. The highest BCUT2D eigenvalue weighted by atomic mass is 16.5. The lowest BCUT2D eigenvalue weighted by molar-refractivity contribution is -0.127. The Morgan fingerprint density at radius 3 is 2.30 bits per heavy atom. The van der Waals surface area contributed by atoms with Crippen molar-refractivity contribution >= 4 is 17.9 Å². The maximum Gasteiger partial charge on any atom is 0.251 e. The molecular formula is C27H32N2O4. The Kier molecular flexibility index (Phi) is 7.33. The first-order valence-corrected chi connectivity index (χ1v) is 11.9. The Hall–Kier alpha value is -3.28. The molecule has 4 rings (SSSR count). The average molecular weight is 449 g/mol. The number of nitrogens with zero attached hydrogens (tertiary/aromatic N) is 1. The summed E-state index contributed by atoms with van der Waals surface area (Å²) in [5, 5.41) is 3.00. The third-order valence-electron chi connectivity index (χ3n) is 5.74. The minimum atomic E-state index is -0.0242. The predicted molar refractivity (Wildman–Crippen MR) is 128 cm³/mol. The van der Waals surface area contributed by atoms with Gasteiger partial charge in [-0.2, -0.15) is 0 Å². The number of ether oxygens (including phenoxy) is 2. The SMILES string of the molecule is CCOc1ccc(/C=C/C(=O)N(Cc2ccc(C(=O)NC3CC3)cc2)C2CC2)cc1OCC. The summed E-state index contributed by atoms with van der Waals surface area (Å²) in [7, 11) is 0. The lowest BCUT2D eigenvalue weighted by Gasteiger charge is -2.21. The van der Waals surface area contributed by atoms with E-state index in [-0.39, 0.29) is 17.9 Å². The number of benzene rings is 2. The topological polar surface area (TPSA) is 67.9 Å². The van der Waals surface area contributed by atoms with Crippen LogP contribution in [-0.4, -0.2) is 42.0 Å². The number of carbonyl (C=O) groups excluding carboxylic acids is 2. The van der Waals surface area contributed by atoms with E-state index in [0.29, 0.717) is 42.9 Å². The Labute approximate surface area is 195 Å². The summed E-state index contributed by atoms with van der Waals surface area (Å²) < 4.78 is 11.3. The van der Waals surface area contributed by atoms with Gasteiger partial charge in [0, 0.05) is 30.3 Å². The number of hydrogen-bond acceptors (Lipinski definition) is 4. The summed E-state index contributed by atoms with van der Waals surface area (Å²) in [6.07, 6.45) is 7.64. The van der Waals surface area contributed by atoms with Crippen LogP contribution in [-0.2, 0) is 11.3 Å². The van der Waals surface area contributed by atoms with E-state index < -0.39 is 0 Å². The minimum Gasteiger partial charge on any atom is -0.490 e. The quantitative estimate of drug-likeness (QED) is 0.511. The second kappa shape index (κ2) is 10.6. The van der Waals surface area contributed by atoms with Crippen LogP contribution in [0, 0.1) is 0 Å². The molecule has 0 aromatic heterocycles. The zero-order valence-corrected chi connectivity index (χ0v) is 19.4. The average Bonchev–Trinajstić information content (AvgIpc) is 3.73. The van der Waals surface area contributed by atoms with Crippen LogP contribution < -0.4 is 14.8 Å². The largest absolute Gasteiger partial charge is 0.490 e. The highest BCUT2D eigenvalue weighted by Crippen LogP contribution is 2.30. The molecule has 0 heterocycles. The van der Waals surface area contributed by atoms with Gasteiger partial charge in [-0.15, -0.1) is 0 Å². The van der Waals surface area contributed by atoms with Crippen molar-refractivity contribution in [2.45, 2.75) is 58.2 Å². The van der Waals surface area contributed by atoms with Crippen molar-refractivity contribution in [3.05, 3.63) is 65.2 Å². The van der Waals surface area contributed by atoms with E-state index >= 15 is 0 Å². The number of carbonyl (C=O) groups is 2. The van der Waals surface area contributed by atoms with Gasteiger partial charge < -0.3 is 19.7 Å². The smallest absolute Gasteiger partial charge is 0.251 e. The van der Waals surface area contributed by atoms with Gasteiger partial charge in [-0.3, -0.25) is 9.59 Å². The van der Waals surface area contributed by atoms with Crippen LogP contribution in [0.1, 0.15) is 61.0 Å². The van der Waals surface area contributed by atoms with Gasteiger partial charge in [0.05, 0.1) is 13.2 Å². The maximum absolute atomic E-state index is 13.0. The minimum absolute atomic E-state index is 0.0140. The molecule has 174 valence electrons. The molecule has 2 amide bonds. The molecule has 0 spiro atoms. The van der Waals surface area contributed by atoms with Crippen LogP contribution in [0.4, 0.5) is 0 Å². The molecule has 1 N–H and O–H groups in total. The first kappa shape index (κ1) is 22.9. The molecule has 2 aromatic carbocycles. The fourth-order valence-corrected chi connectivity index (χ4v) is 3.66. The van der Waals surface area contributed by atoms with Crippen molar-refractivity contribution in [3.63, 3.8) is 0 Å². The normalized spacial score (nSPS) is 15.3. The molecule has 6 heteroatoms. The van der Waals surface area contributed by atoms with E-state index in [1.54, 1.807) is 6.08 Å². The molecule has 2 aliphatic rings. The van der Waals surface area contributed by atoms with Gasteiger partial charge in [-0.1, -0.05) is 18.2 Å². The van der Waals surface area contributed by atoms with Gasteiger partial charge in [0.25, 0.3) is 5.91 Å². The van der Waals surface area contributed by atoms with E-state index in [4.69, 9.17) is 9.47 Å². The Balaban J connectivity index is 1.40. The van der Waals surface area contributed by atoms with Crippen molar-refractivity contribution in [2.75, 3.05) is 13.2 Å². The second-order valence-electron chi connectivity index (χ2n) is 8.55. The van der Waals surface area contributed by atoms with Gasteiger partial charge in [0.1, 0.15) is 0 Å². The van der Waals surface area contributed by atoms with Crippen molar-refractivity contribution in [3.8, 4) is 11.5 Å². The Morgan fingerprint density at radius 2 is 1.67 bits per heavy atom. The third kappa shape index (κ3) is 6.37. The summed E-state index contributed by atoms with van der Waals surface area (Å²) in [5.74, 6) is 1.35. The fourth-order valence-electron chi connectivity index (χ4n) is 3.66. The summed E-state index contributed by atoms with van der Waals surface area (Å²) in [6.45, 7) is 5.51. The highest BCUT2D eigenvalue weighted by Gasteiger charge is 2.31. The van der Waals surface area contributed by atoms with Crippen LogP contribution in [0.5, 0.6) is 11.5 Å². The molecule has 33 heavy (non-hydrogen) atoms. The monoisotopic (exact) mass is 448 g/mol. The third-order valence-corrected chi connectivity index (χ3v) is 5.74. The van der Waals surface area contributed by atoms with Gasteiger partial charge in [-0.25, -0.2) is 0 Å². The summed E-state index contributed by atoms with van der Waals surface area (Å²) in [6, 6.07) is 13.9. The highest BCUT2D eigenvalue weighted by molar-refractivity contribution is 5.94. The van der Waals surface area contributed by atoms with Gasteiger partial charge in [0.15, 0.2) is 11.5 Å². The summed E-state index contributed by atoms with van der Waals surface area (Å²) in [4.78, 5) is 27.1. The van der Waals surface area contributed by atoms with Gasteiger partial charge in [0.2, 0.25) is 5.91 Å². The van der Waals surface area contributed by atoms with E-state index in [1.807, 2.05) is 67.3 Å².